The van der Waals surface area contributed by atoms with E-state index in [9.17, 15) is 4.79 Å². The molecule has 1 aliphatic carbocycles. The topological polar surface area (TPSA) is 26.3 Å². The first-order valence-electron chi connectivity index (χ1n) is 7.47. The van der Waals surface area contributed by atoms with Crippen LogP contribution in [0, 0.1) is 5.92 Å². The highest BCUT2D eigenvalue weighted by Crippen LogP contribution is 2.21. The summed E-state index contributed by atoms with van der Waals surface area (Å²) < 4.78 is 5.53. The summed E-state index contributed by atoms with van der Waals surface area (Å²) in [6.45, 7) is 8.46. The number of ether oxygens (including phenoxy) is 1. The largest absolute Gasteiger partial charge is 0.458 e. The number of allylic oxidation sites excluding steroid dienone is 3. The van der Waals surface area contributed by atoms with Gasteiger partial charge in [-0.25, -0.2) is 0 Å². The molecule has 1 rings (SSSR count). The minimum atomic E-state index is -0.0411. The van der Waals surface area contributed by atoms with Crippen LogP contribution in [0.15, 0.2) is 23.3 Å². The van der Waals surface area contributed by atoms with Gasteiger partial charge in [0.25, 0.3) is 0 Å². The van der Waals surface area contributed by atoms with Crippen LogP contribution in [0.3, 0.4) is 0 Å². The second kappa shape index (κ2) is 8.19. The molecule has 0 heterocycles. The molecule has 0 bridgehead atoms. The van der Waals surface area contributed by atoms with Gasteiger partial charge in [-0.05, 0) is 64.9 Å². The molecule has 0 radical (unpaired) electrons. The molecule has 1 aliphatic rings. The Labute approximate surface area is 117 Å². The molecule has 0 aliphatic heterocycles. The Morgan fingerprint density at radius 2 is 2.26 bits per heavy atom. The van der Waals surface area contributed by atoms with Crippen molar-refractivity contribution in [2.24, 2.45) is 5.92 Å². The maximum Gasteiger partial charge on any atom is 0.306 e. The lowest BCUT2D eigenvalue weighted by Gasteiger charge is -2.20. The van der Waals surface area contributed by atoms with Gasteiger partial charge in [0.05, 0.1) is 0 Å². The van der Waals surface area contributed by atoms with E-state index in [1.807, 2.05) is 0 Å². The Hall–Kier alpha value is -1.05. The van der Waals surface area contributed by atoms with Crippen molar-refractivity contribution in [2.75, 3.05) is 0 Å². The second-order valence-electron chi connectivity index (χ2n) is 6.10. The van der Waals surface area contributed by atoms with Crippen molar-refractivity contribution in [1.29, 1.82) is 0 Å². The van der Waals surface area contributed by atoms with Gasteiger partial charge in [-0.2, -0.15) is 0 Å². The molecule has 0 aromatic carbocycles. The number of carbonyl (C=O) groups is 1. The summed E-state index contributed by atoms with van der Waals surface area (Å²) in [7, 11) is 0. The van der Waals surface area contributed by atoms with Crippen LogP contribution in [-0.2, 0) is 9.53 Å². The van der Waals surface area contributed by atoms with Gasteiger partial charge < -0.3 is 4.74 Å². The summed E-state index contributed by atoms with van der Waals surface area (Å²) in [5.74, 6) is 0.359. The lowest BCUT2D eigenvalue weighted by Crippen LogP contribution is -2.20. The van der Waals surface area contributed by atoms with Crippen LogP contribution in [0.25, 0.3) is 0 Å². The fourth-order valence-corrected chi connectivity index (χ4v) is 2.42. The summed E-state index contributed by atoms with van der Waals surface area (Å²) >= 11 is 0. The first kappa shape index (κ1) is 16.0. The Kier molecular flexibility index (Phi) is 6.90. The molecule has 2 nitrogen and oxygen atoms in total. The van der Waals surface area contributed by atoms with Crippen molar-refractivity contribution in [3.63, 3.8) is 0 Å². The Bertz CT molecular complexity index is 348. The zero-order chi connectivity index (χ0) is 14.3. The van der Waals surface area contributed by atoms with Crippen LogP contribution in [0.2, 0.25) is 0 Å². The average Bonchev–Trinajstić information content (AvgIpc) is 2.27. The lowest BCUT2D eigenvalue weighted by atomic mass is 9.98. The van der Waals surface area contributed by atoms with Gasteiger partial charge in [0.1, 0.15) is 6.10 Å². The first-order valence-corrected chi connectivity index (χ1v) is 7.47. The molecule has 0 aromatic rings. The molecule has 2 heteroatoms. The SMILES string of the molecule is CC(C)=CCCC(C)CC(=O)OC1C=C(C)CCC1. The summed E-state index contributed by atoms with van der Waals surface area (Å²) in [6.07, 6.45) is 10.3. The van der Waals surface area contributed by atoms with Gasteiger partial charge in [-0.1, -0.05) is 24.1 Å². The van der Waals surface area contributed by atoms with Crippen LogP contribution < -0.4 is 0 Å². The molecule has 0 N–H and O–H groups in total. The van der Waals surface area contributed by atoms with Gasteiger partial charge in [0.2, 0.25) is 0 Å². The smallest absolute Gasteiger partial charge is 0.306 e. The van der Waals surface area contributed by atoms with E-state index in [-0.39, 0.29) is 12.1 Å². The number of esters is 1. The Morgan fingerprint density at radius 1 is 1.53 bits per heavy atom. The molecule has 0 saturated heterocycles. The molecule has 108 valence electrons. The number of hydrogen-bond acceptors (Lipinski definition) is 2. The Morgan fingerprint density at radius 3 is 2.89 bits per heavy atom. The van der Waals surface area contributed by atoms with Gasteiger partial charge >= 0.3 is 5.97 Å². The zero-order valence-electron chi connectivity index (χ0n) is 12.9. The minimum Gasteiger partial charge on any atom is -0.458 e. The van der Waals surface area contributed by atoms with E-state index in [1.54, 1.807) is 0 Å². The highest BCUT2D eigenvalue weighted by molar-refractivity contribution is 5.70. The van der Waals surface area contributed by atoms with Crippen LogP contribution in [0.5, 0.6) is 0 Å². The summed E-state index contributed by atoms with van der Waals surface area (Å²) in [4.78, 5) is 11.9. The van der Waals surface area contributed by atoms with Crippen molar-refractivity contribution in [1.82, 2.24) is 0 Å². The quantitative estimate of drug-likeness (QED) is 0.509. The van der Waals surface area contributed by atoms with Crippen LogP contribution >= 0.6 is 0 Å². The molecule has 2 unspecified atom stereocenters. The standard InChI is InChI=1S/C17H28O2/c1-13(2)7-5-8-15(4)12-17(18)19-16-10-6-9-14(3)11-16/h7,11,15-16H,5-6,8-10,12H2,1-4H3. The van der Waals surface area contributed by atoms with E-state index in [0.29, 0.717) is 12.3 Å². The van der Waals surface area contributed by atoms with Gasteiger partial charge in [0, 0.05) is 6.42 Å². The van der Waals surface area contributed by atoms with Crippen LogP contribution in [0.1, 0.15) is 66.2 Å². The molecule has 0 saturated carbocycles. The summed E-state index contributed by atoms with van der Waals surface area (Å²) in [6, 6.07) is 0. The molecule has 2 atom stereocenters. The van der Waals surface area contributed by atoms with Crippen molar-refractivity contribution in [3.8, 4) is 0 Å². The van der Waals surface area contributed by atoms with Gasteiger partial charge in [-0.3, -0.25) is 4.79 Å². The second-order valence-corrected chi connectivity index (χ2v) is 6.10. The highest BCUT2D eigenvalue weighted by atomic mass is 16.5. The van der Waals surface area contributed by atoms with E-state index in [1.165, 1.54) is 11.1 Å². The minimum absolute atomic E-state index is 0.0197. The van der Waals surface area contributed by atoms with Crippen molar-refractivity contribution < 1.29 is 9.53 Å². The predicted molar refractivity (Wildman–Crippen MR) is 79.9 cm³/mol. The van der Waals surface area contributed by atoms with E-state index >= 15 is 0 Å². The summed E-state index contributed by atoms with van der Waals surface area (Å²) in [5.41, 5.74) is 2.69. The van der Waals surface area contributed by atoms with Crippen molar-refractivity contribution in [2.45, 2.75) is 72.3 Å². The normalized spacial score (nSPS) is 20.4. The highest BCUT2D eigenvalue weighted by Gasteiger charge is 2.17. The van der Waals surface area contributed by atoms with E-state index < -0.39 is 0 Å². The first-order chi connectivity index (χ1) is 8.97. The molecular weight excluding hydrogens is 236 g/mol. The lowest BCUT2D eigenvalue weighted by molar-refractivity contribution is -0.148. The van der Waals surface area contributed by atoms with Crippen molar-refractivity contribution >= 4 is 5.97 Å². The van der Waals surface area contributed by atoms with Crippen LogP contribution in [0.4, 0.5) is 0 Å². The van der Waals surface area contributed by atoms with E-state index in [0.717, 1.165) is 32.1 Å². The molecule has 0 amide bonds. The average molecular weight is 264 g/mol. The van der Waals surface area contributed by atoms with E-state index in [2.05, 4.69) is 39.8 Å². The van der Waals surface area contributed by atoms with Gasteiger partial charge in [-0.15, -0.1) is 0 Å². The summed E-state index contributed by atoms with van der Waals surface area (Å²) in [5, 5.41) is 0. The van der Waals surface area contributed by atoms with Crippen LogP contribution in [-0.4, -0.2) is 12.1 Å². The maximum atomic E-state index is 11.9. The number of hydrogen-bond donors (Lipinski definition) is 0. The third-order valence-electron chi connectivity index (χ3n) is 3.54. The van der Waals surface area contributed by atoms with Crippen molar-refractivity contribution in [3.05, 3.63) is 23.3 Å². The third-order valence-corrected chi connectivity index (χ3v) is 3.54. The third kappa shape index (κ3) is 7.19. The number of rotatable bonds is 6. The fourth-order valence-electron chi connectivity index (χ4n) is 2.42. The molecule has 0 spiro atoms. The monoisotopic (exact) mass is 264 g/mol. The molecule has 0 aromatic heterocycles. The Balaban J connectivity index is 2.26. The molecule has 0 fully saturated rings. The molecular formula is C17H28O2. The van der Waals surface area contributed by atoms with E-state index in [4.69, 9.17) is 4.74 Å². The number of carbonyl (C=O) groups excluding carboxylic acids is 1. The molecule has 19 heavy (non-hydrogen) atoms. The predicted octanol–water partition coefficient (Wildman–Crippen LogP) is 4.80. The maximum absolute atomic E-state index is 11.9. The zero-order valence-corrected chi connectivity index (χ0v) is 12.9. The fraction of sp³-hybridized carbons (Fsp3) is 0.706. The van der Waals surface area contributed by atoms with Gasteiger partial charge in [0.15, 0.2) is 0 Å².